The zero-order chi connectivity index (χ0) is 15.4. The van der Waals surface area contributed by atoms with Gasteiger partial charge in [-0.15, -0.1) is 0 Å². The Morgan fingerprint density at radius 1 is 1.00 bits per heavy atom. The highest BCUT2D eigenvalue weighted by molar-refractivity contribution is 6.11. The van der Waals surface area contributed by atoms with Crippen molar-refractivity contribution in [2.45, 2.75) is 18.6 Å². The molecular formula is C17H16N2O3. The van der Waals surface area contributed by atoms with Gasteiger partial charge in [0.05, 0.1) is 17.9 Å². The molecule has 4 atom stereocenters. The fourth-order valence-corrected chi connectivity index (χ4v) is 4.01. The number of imide groups is 1. The number of hydrogen-bond acceptors (Lipinski definition) is 4. The van der Waals surface area contributed by atoms with Crippen molar-refractivity contribution in [2.24, 2.45) is 11.8 Å². The summed E-state index contributed by atoms with van der Waals surface area (Å²) in [6, 6.07) is 9.14. The first-order valence-corrected chi connectivity index (χ1v) is 7.43. The van der Waals surface area contributed by atoms with E-state index in [2.05, 4.69) is 0 Å². The molecule has 1 aromatic rings. The quantitative estimate of drug-likeness (QED) is 0.750. The Kier molecular flexibility index (Phi) is 2.81. The summed E-state index contributed by atoms with van der Waals surface area (Å²) >= 11 is 0. The van der Waals surface area contributed by atoms with Gasteiger partial charge in [0.1, 0.15) is 0 Å². The number of benzene rings is 1. The molecule has 22 heavy (non-hydrogen) atoms. The van der Waals surface area contributed by atoms with E-state index < -0.39 is 17.9 Å². The van der Waals surface area contributed by atoms with Crippen molar-refractivity contribution < 1.29 is 14.4 Å². The Morgan fingerprint density at radius 3 is 2.41 bits per heavy atom. The number of carbonyl (C=O) groups is 3. The van der Waals surface area contributed by atoms with E-state index in [0.717, 1.165) is 5.56 Å². The second-order valence-corrected chi connectivity index (χ2v) is 6.14. The van der Waals surface area contributed by atoms with Crippen LogP contribution in [0, 0.1) is 11.8 Å². The van der Waals surface area contributed by atoms with Crippen molar-refractivity contribution in [1.29, 1.82) is 0 Å². The first-order chi connectivity index (χ1) is 10.6. The van der Waals surface area contributed by atoms with Gasteiger partial charge in [0.15, 0.2) is 5.78 Å². The highest BCUT2D eigenvalue weighted by Gasteiger charge is 2.63. The van der Waals surface area contributed by atoms with E-state index in [1.807, 2.05) is 35.2 Å². The van der Waals surface area contributed by atoms with Gasteiger partial charge in [0, 0.05) is 19.6 Å². The smallest absolute Gasteiger partial charge is 0.234 e. The molecule has 0 N–H and O–H groups in total. The summed E-state index contributed by atoms with van der Waals surface area (Å²) in [5.74, 6) is -1.42. The van der Waals surface area contributed by atoms with Gasteiger partial charge in [-0.25, -0.2) is 0 Å². The molecule has 1 aromatic carbocycles. The summed E-state index contributed by atoms with van der Waals surface area (Å²) in [4.78, 5) is 40.3. The van der Waals surface area contributed by atoms with Gasteiger partial charge in [-0.2, -0.15) is 0 Å². The van der Waals surface area contributed by atoms with Gasteiger partial charge in [-0.3, -0.25) is 24.2 Å². The molecule has 5 nitrogen and oxygen atoms in total. The molecule has 2 bridgehead atoms. The standard InChI is InChI=1S/C17H16N2O3/c1-18-16(21)13-11-7-8-12(20)15(14(13)17(18)22)19(11)9-10-5-3-2-4-6-10/h2-8,11,13-15H,9H2,1H3/t11-,13-,14-,15+/m0/s1. The third-order valence-corrected chi connectivity index (χ3v) is 5.02. The van der Waals surface area contributed by atoms with Gasteiger partial charge in [0.25, 0.3) is 0 Å². The van der Waals surface area contributed by atoms with Crippen molar-refractivity contribution >= 4 is 17.6 Å². The predicted molar refractivity (Wildman–Crippen MR) is 78.5 cm³/mol. The molecular weight excluding hydrogens is 280 g/mol. The van der Waals surface area contributed by atoms with Crippen LogP contribution in [0.2, 0.25) is 0 Å². The fraction of sp³-hybridized carbons (Fsp3) is 0.353. The number of fused-ring (bicyclic) bond motifs is 5. The predicted octanol–water partition coefficient (Wildman–Crippen LogP) is 0.609. The molecule has 2 saturated heterocycles. The fourth-order valence-electron chi connectivity index (χ4n) is 4.01. The summed E-state index contributed by atoms with van der Waals surface area (Å²) in [6.45, 7) is 0.573. The van der Waals surface area contributed by atoms with Crippen LogP contribution in [-0.4, -0.2) is 46.5 Å². The maximum atomic E-state index is 12.4. The van der Waals surface area contributed by atoms with E-state index in [9.17, 15) is 14.4 Å². The second kappa shape index (κ2) is 4.61. The van der Waals surface area contributed by atoms with E-state index in [0.29, 0.717) is 6.54 Å². The molecule has 0 aliphatic carbocycles. The van der Waals surface area contributed by atoms with Gasteiger partial charge in [-0.05, 0) is 11.6 Å². The van der Waals surface area contributed by atoms with Gasteiger partial charge in [-0.1, -0.05) is 36.4 Å². The summed E-state index contributed by atoms with van der Waals surface area (Å²) in [7, 11) is 1.51. The number of amides is 2. The van der Waals surface area contributed by atoms with Crippen LogP contribution in [0.5, 0.6) is 0 Å². The van der Waals surface area contributed by atoms with Crippen molar-refractivity contribution in [3.63, 3.8) is 0 Å². The van der Waals surface area contributed by atoms with Crippen LogP contribution in [0.25, 0.3) is 0 Å². The summed E-state index contributed by atoms with van der Waals surface area (Å²) < 4.78 is 0. The van der Waals surface area contributed by atoms with Crippen LogP contribution >= 0.6 is 0 Å². The minimum absolute atomic E-state index is 0.0730. The Labute approximate surface area is 128 Å². The average Bonchev–Trinajstić information content (AvgIpc) is 2.88. The van der Waals surface area contributed by atoms with Crippen molar-refractivity contribution in [3.8, 4) is 0 Å². The van der Waals surface area contributed by atoms with E-state index in [1.54, 1.807) is 6.08 Å². The van der Waals surface area contributed by atoms with Crippen LogP contribution in [0.1, 0.15) is 5.56 Å². The third-order valence-electron chi connectivity index (χ3n) is 5.02. The molecule has 0 radical (unpaired) electrons. The average molecular weight is 296 g/mol. The first-order valence-electron chi connectivity index (χ1n) is 7.43. The number of likely N-dealkylation sites (tertiary alicyclic amines) is 1. The molecule has 3 heterocycles. The van der Waals surface area contributed by atoms with E-state index in [1.165, 1.54) is 18.0 Å². The molecule has 3 aliphatic rings. The van der Waals surface area contributed by atoms with Gasteiger partial charge >= 0.3 is 0 Å². The number of rotatable bonds is 2. The lowest BCUT2D eigenvalue weighted by atomic mass is 9.90. The number of carbonyl (C=O) groups excluding carboxylic acids is 3. The Hall–Kier alpha value is -2.27. The topological polar surface area (TPSA) is 57.7 Å². The zero-order valence-corrected chi connectivity index (χ0v) is 12.2. The summed E-state index contributed by atoms with van der Waals surface area (Å²) in [6.07, 6.45) is 3.33. The Morgan fingerprint density at radius 2 is 1.68 bits per heavy atom. The Bertz CT molecular complexity index is 697. The molecule has 0 saturated carbocycles. The summed E-state index contributed by atoms with van der Waals surface area (Å²) in [5.41, 5.74) is 1.08. The van der Waals surface area contributed by atoms with Crippen LogP contribution in [0.4, 0.5) is 0 Å². The maximum Gasteiger partial charge on any atom is 0.234 e. The lowest BCUT2D eigenvalue weighted by Gasteiger charge is -2.32. The van der Waals surface area contributed by atoms with Crippen molar-refractivity contribution in [3.05, 3.63) is 48.0 Å². The second-order valence-electron chi connectivity index (χ2n) is 6.14. The molecule has 2 fully saturated rings. The minimum Gasteiger partial charge on any atom is -0.293 e. The monoisotopic (exact) mass is 296 g/mol. The minimum atomic E-state index is -0.534. The summed E-state index contributed by atoms with van der Waals surface area (Å²) in [5, 5.41) is 0. The van der Waals surface area contributed by atoms with Crippen LogP contribution in [0.15, 0.2) is 42.5 Å². The molecule has 2 amide bonds. The van der Waals surface area contributed by atoms with Gasteiger partial charge < -0.3 is 0 Å². The largest absolute Gasteiger partial charge is 0.293 e. The van der Waals surface area contributed by atoms with Crippen LogP contribution in [0.3, 0.4) is 0 Å². The first kappa shape index (κ1) is 13.4. The van der Waals surface area contributed by atoms with Gasteiger partial charge in [0.2, 0.25) is 11.8 Å². The molecule has 0 unspecified atom stereocenters. The number of nitrogens with zero attached hydrogens (tertiary/aromatic N) is 2. The van der Waals surface area contributed by atoms with Crippen LogP contribution < -0.4 is 0 Å². The van der Waals surface area contributed by atoms with E-state index in [4.69, 9.17) is 0 Å². The molecule has 5 heteroatoms. The number of ketones is 1. The van der Waals surface area contributed by atoms with E-state index in [-0.39, 0.29) is 23.6 Å². The SMILES string of the molecule is CN1C(=O)[C@@H]2[C@H](C1=O)[C@H]1C(=O)C=C[C@@H]2N1Cc1ccccc1. The lowest BCUT2D eigenvalue weighted by molar-refractivity contribution is -0.141. The lowest BCUT2D eigenvalue weighted by Crippen LogP contribution is -2.48. The highest BCUT2D eigenvalue weighted by atomic mass is 16.2. The normalized spacial score (nSPS) is 33.7. The zero-order valence-electron chi connectivity index (χ0n) is 12.2. The third kappa shape index (κ3) is 1.66. The van der Waals surface area contributed by atoms with E-state index >= 15 is 0 Å². The number of hydrogen-bond donors (Lipinski definition) is 0. The Balaban J connectivity index is 1.73. The molecule has 0 aromatic heterocycles. The van der Waals surface area contributed by atoms with Crippen molar-refractivity contribution in [2.75, 3.05) is 7.05 Å². The van der Waals surface area contributed by atoms with Crippen LogP contribution in [-0.2, 0) is 20.9 Å². The molecule has 3 aliphatic heterocycles. The molecule has 4 rings (SSSR count). The molecule has 0 spiro atoms. The molecule has 112 valence electrons. The van der Waals surface area contributed by atoms with Crippen molar-refractivity contribution in [1.82, 2.24) is 9.80 Å². The highest BCUT2D eigenvalue weighted by Crippen LogP contribution is 2.45. The maximum absolute atomic E-state index is 12.4.